The number of fused-ring (bicyclic) bond motifs is 1. The quantitative estimate of drug-likeness (QED) is 0.818. The molecule has 1 atom stereocenters. The number of carbonyl (C=O) groups excluding carboxylic acids is 1. The number of aromatic nitrogens is 3. The van der Waals surface area contributed by atoms with Crippen molar-refractivity contribution in [2.75, 3.05) is 6.54 Å². The van der Waals surface area contributed by atoms with Gasteiger partial charge in [-0.2, -0.15) is 5.10 Å². The molecule has 0 fully saturated rings. The summed E-state index contributed by atoms with van der Waals surface area (Å²) >= 11 is 0. The number of aryl methyl sites for hydroxylation is 3. The second-order valence-corrected chi connectivity index (χ2v) is 6.94. The molecule has 0 radical (unpaired) electrons. The molecule has 0 aliphatic heterocycles. The Kier molecular flexibility index (Phi) is 5.06. The van der Waals surface area contributed by atoms with Gasteiger partial charge in [0.25, 0.3) is 5.56 Å². The maximum absolute atomic E-state index is 12.4. The molecule has 0 saturated heterocycles. The van der Waals surface area contributed by atoms with Gasteiger partial charge in [-0.05, 0) is 51.0 Å². The van der Waals surface area contributed by atoms with E-state index in [-0.39, 0.29) is 11.5 Å². The third-order valence-electron chi connectivity index (χ3n) is 5.12. The third kappa shape index (κ3) is 3.67. The lowest BCUT2D eigenvalue weighted by atomic mass is 9.94. The third-order valence-corrected chi connectivity index (χ3v) is 5.12. The molecule has 0 spiro atoms. The Bertz CT molecular complexity index is 876. The molecule has 2 aromatic heterocycles. The Morgan fingerprint density at radius 2 is 2.20 bits per heavy atom. The van der Waals surface area contributed by atoms with E-state index in [4.69, 9.17) is 0 Å². The summed E-state index contributed by atoms with van der Waals surface area (Å²) in [4.78, 5) is 27.5. The number of hydrogen-bond acceptors (Lipinski definition) is 3. The van der Waals surface area contributed by atoms with Crippen LogP contribution in [0.3, 0.4) is 0 Å². The summed E-state index contributed by atoms with van der Waals surface area (Å²) in [7, 11) is 1.82. The van der Waals surface area contributed by atoms with E-state index in [0.717, 1.165) is 48.1 Å². The maximum atomic E-state index is 12.4. The molecule has 2 heterocycles. The Morgan fingerprint density at radius 1 is 1.40 bits per heavy atom. The first-order chi connectivity index (χ1) is 12.0. The molecular formula is C19H26N4O2. The van der Waals surface area contributed by atoms with Gasteiger partial charge >= 0.3 is 0 Å². The molecule has 1 amide bonds. The van der Waals surface area contributed by atoms with Crippen LogP contribution < -0.4 is 10.9 Å². The fourth-order valence-corrected chi connectivity index (χ4v) is 3.68. The van der Waals surface area contributed by atoms with Crippen LogP contribution in [0.15, 0.2) is 16.9 Å². The van der Waals surface area contributed by atoms with E-state index >= 15 is 0 Å². The molecule has 0 saturated carbocycles. The zero-order valence-corrected chi connectivity index (χ0v) is 15.2. The molecule has 6 heteroatoms. The number of amides is 1. The monoisotopic (exact) mass is 342 g/mol. The Morgan fingerprint density at radius 3 is 2.92 bits per heavy atom. The molecule has 1 aliphatic rings. The topological polar surface area (TPSA) is 79.8 Å². The molecular weight excluding hydrogens is 316 g/mol. The molecule has 2 N–H and O–H groups in total. The number of aromatic amines is 1. The molecule has 25 heavy (non-hydrogen) atoms. The first-order valence-electron chi connectivity index (χ1n) is 8.94. The van der Waals surface area contributed by atoms with Crippen molar-refractivity contribution in [3.8, 4) is 0 Å². The predicted octanol–water partition coefficient (Wildman–Crippen LogP) is 2.28. The fraction of sp³-hybridized carbons (Fsp3) is 0.526. The van der Waals surface area contributed by atoms with Crippen LogP contribution in [-0.2, 0) is 18.3 Å². The van der Waals surface area contributed by atoms with E-state index in [2.05, 4.69) is 27.6 Å². The number of rotatable bonds is 5. The molecule has 0 unspecified atom stereocenters. The van der Waals surface area contributed by atoms with E-state index in [9.17, 15) is 9.59 Å². The van der Waals surface area contributed by atoms with Gasteiger partial charge in [0.15, 0.2) is 0 Å². The fourth-order valence-electron chi connectivity index (χ4n) is 3.68. The lowest BCUT2D eigenvalue weighted by Gasteiger charge is -2.18. The lowest BCUT2D eigenvalue weighted by Crippen LogP contribution is -2.30. The van der Waals surface area contributed by atoms with Gasteiger partial charge < -0.3 is 10.3 Å². The van der Waals surface area contributed by atoms with E-state index in [1.165, 1.54) is 0 Å². The highest BCUT2D eigenvalue weighted by Crippen LogP contribution is 2.21. The number of nitrogens with one attached hydrogen (secondary N) is 2. The highest BCUT2D eigenvalue weighted by atomic mass is 16.1. The summed E-state index contributed by atoms with van der Waals surface area (Å²) in [6, 6.07) is 0. The molecule has 134 valence electrons. The van der Waals surface area contributed by atoms with E-state index < -0.39 is 0 Å². The van der Waals surface area contributed by atoms with Gasteiger partial charge in [-0.15, -0.1) is 0 Å². The first-order valence-corrected chi connectivity index (χ1v) is 8.94. The maximum Gasteiger partial charge on any atom is 0.253 e. The SMILES string of the molecule is Cc1nn(C)c2[nH]c(=O)c(CCC(=O)NC[C@@H]3CC=CCC3)c(C)c12. The van der Waals surface area contributed by atoms with Crippen molar-refractivity contribution in [2.24, 2.45) is 13.0 Å². The largest absolute Gasteiger partial charge is 0.356 e. The minimum Gasteiger partial charge on any atom is -0.356 e. The van der Waals surface area contributed by atoms with Gasteiger partial charge in [0.1, 0.15) is 5.65 Å². The number of carbonyl (C=O) groups is 1. The number of nitrogens with zero attached hydrogens (tertiary/aromatic N) is 2. The highest BCUT2D eigenvalue weighted by molar-refractivity contribution is 5.83. The number of H-pyrrole nitrogens is 1. The zero-order valence-electron chi connectivity index (χ0n) is 15.2. The molecule has 2 aromatic rings. The summed E-state index contributed by atoms with van der Waals surface area (Å²) in [5.41, 5.74) is 3.10. The Labute approximate surface area is 147 Å². The van der Waals surface area contributed by atoms with Crippen molar-refractivity contribution < 1.29 is 4.79 Å². The van der Waals surface area contributed by atoms with Gasteiger partial charge in [-0.3, -0.25) is 14.3 Å². The van der Waals surface area contributed by atoms with Gasteiger partial charge in [0.05, 0.1) is 5.69 Å². The lowest BCUT2D eigenvalue weighted by molar-refractivity contribution is -0.121. The summed E-state index contributed by atoms with van der Waals surface area (Å²) in [5, 5.41) is 8.36. The van der Waals surface area contributed by atoms with Crippen molar-refractivity contribution in [1.29, 1.82) is 0 Å². The van der Waals surface area contributed by atoms with Crippen molar-refractivity contribution in [1.82, 2.24) is 20.1 Å². The Balaban J connectivity index is 1.66. The van der Waals surface area contributed by atoms with Crippen molar-refractivity contribution in [2.45, 2.75) is 46.0 Å². The zero-order chi connectivity index (χ0) is 18.0. The average molecular weight is 342 g/mol. The second-order valence-electron chi connectivity index (χ2n) is 6.94. The van der Waals surface area contributed by atoms with Crippen LogP contribution in [0.1, 0.15) is 42.5 Å². The van der Waals surface area contributed by atoms with Gasteiger partial charge in [0.2, 0.25) is 5.91 Å². The molecule has 3 rings (SSSR count). The van der Waals surface area contributed by atoms with Gasteiger partial charge in [-0.25, -0.2) is 0 Å². The van der Waals surface area contributed by atoms with E-state index in [1.54, 1.807) is 4.68 Å². The van der Waals surface area contributed by atoms with Crippen LogP contribution >= 0.6 is 0 Å². The standard InChI is InChI=1S/C19H26N4O2/c1-12-15(19(25)21-18-17(12)13(2)22-23(18)3)9-10-16(24)20-11-14-7-5-4-6-8-14/h4-5,14H,6-11H2,1-3H3,(H,20,24)(H,21,25)/t14-/m1/s1. The summed E-state index contributed by atoms with van der Waals surface area (Å²) < 4.78 is 1.69. The number of hydrogen-bond donors (Lipinski definition) is 2. The van der Waals surface area contributed by atoms with Crippen LogP contribution in [-0.4, -0.2) is 27.2 Å². The summed E-state index contributed by atoms with van der Waals surface area (Å²) in [5.74, 6) is 0.546. The minimum atomic E-state index is -0.127. The van der Waals surface area contributed by atoms with Crippen molar-refractivity contribution in [3.05, 3.63) is 39.3 Å². The van der Waals surface area contributed by atoms with Crippen LogP contribution in [0.2, 0.25) is 0 Å². The van der Waals surface area contributed by atoms with Crippen LogP contribution in [0.4, 0.5) is 0 Å². The smallest absolute Gasteiger partial charge is 0.253 e. The van der Waals surface area contributed by atoms with Crippen LogP contribution in [0.25, 0.3) is 11.0 Å². The molecule has 1 aliphatic carbocycles. The molecule has 0 aromatic carbocycles. The number of allylic oxidation sites excluding steroid dienone is 2. The second kappa shape index (κ2) is 7.25. The minimum absolute atomic E-state index is 0.0105. The summed E-state index contributed by atoms with van der Waals surface area (Å²) in [6.07, 6.45) is 8.43. The predicted molar refractivity (Wildman–Crippen MR) is 98.6 cm³/mol. The normalized spacial score (nSPS) is 17.2. The van der Waals surface area contributed by atoms with E-state index in [1.807, 2.05) is 20.9 Å². The van der Waals surface area contributed by atoms with Gasteiger partial charge in [0, 0.05) is 31.0 Å². The summed E-state index contributed by atoms with van der Waals surface area (Å²) in [6.45, 7) is 4.59. The highest BCUT2D eigenvalue weighted by Gasteiger charge is 2.16. The average Bonchev–Trinajstić information content (AvgIpc) is 2.87. The first kappa shape index (κ1) is 17.5. The van der Waals surface area contributed by atoms with Gasteiger partial charge in [-0.1, -0.05) is 12.2 Å². The van der Waals surface area contributed by atoms with Crippen molar-refractivity contribution >= 4 is 16.9 Å². The molecule has 0 bridgehead atoms. The Hall–Kier alpha value is -2.37. The van der Waals surface area contributed by atoms with Crippen LogP contribution in [0, 0.1) is 19.8 Å². The van der Waals surface area contributed by atoms with Crippen molar-refractivity contribution in [3.63, 3.8) is 0 Å². The number of pyridine rings is 1. The van der Waals surface area contributed by atoms with Crippen LogP contribution in [0.5, 0.6) is 0 Å². The molecule has 6 nitrogen and oxygen atoms in total. The van der Waals surface area contributed by atoms with E-state index in [0.29, 0.717) is 24.3 Å².